The van der Waals surface area contributed by atoms with Crippen molar-refractivity contribution in [3.63, 3.8) is 0 Å². The van der Waals surface area contributed by atoms with Gasteiger partial charge in [-0.3, -0.25) is 18.7 Å². The van der Waals surface area contributed by atoms with Crippen LogP contribution in [-0.2, 0) is 37.9 Å². The number of unbranched alkanes of at least 4 members (excludes halogenated alkanes) is 1. The van der Waals surface area contributed by atoms with Crippen molar-refractivity contribution >= 4 is 35.8 Å². The van der Waals surface area contributed by atoms with Gasteiger partial charge in [-0.15, -0.1) is 6.42 Å². The number of carbonyl (C=O) groups is 1. The van der Waals surface area contributed by atoms with E-state index < -0.39 is 24.8 Å². The maximum absolute atomic E-state index is 13.0. The van der Waals surface area contributed by atoms with Gasteiger partial charge in [-0.1, -0.05) is 48.4 Å². The number of terminal acetylenes is 1. The number of nitrogen functional groups attached to an aromatic ring is 1. The number of hydrogen-bond donors (Lipinski definition) is 2. The molecule has 0 aliphatic heterocycles. The second kappa shape index (κ2) is 13.2. The molecular formula is C27H33N4O6P. The average molecular weight is 541 g/mol. The molecule has 0 saturated carbocycles. The van der Waals surface area contributed by atoms with Crippen LogP contribution >= 0.6 is 7.60 Å². The van der Waals surface area contributed by atoms with Crippen LogP contribution < -0.4 is 22.3 Å². The third-order valence-electron chi connectivity index (χ3n) is 5.93. The summed E-state index contributed by atoms with van der Waals surface area (Å²) >= 11 is 0. The average Bonchev–Trinajstić information content (AvgIpc) is 2.89. The highest BCUT2D eigenvalue weighted by Gasteiger charge is 2.23. The Morgan fingerprint density at radius 3 is 2.42 bits per heavy atom. The maximum atomic E-state index is 13.0. The molecule has 3 N–H and O–H groups in total. The Bertz CT molecular complexity index is 1490. The van der Waals surface area contributed by atoms with E-state index in [0.29, 0.717) is 12.8 Å². The maximum Gasteiger partial charge on any atom is 0.333 e. The fourth-order valence-electron chi connectivity index (χ4n) is 4.22. The molecule has 0 bridgehead atoms. The van der Waals surface area contributed by atoms with E-state index in [2.05, 4.69) is 11.2 Å². The lowest BCUT2D eigenvalue weighted by atomic mass is 10.0. The first-order valence-electron chi connectivity index (χ1n) is 12.5. The number of nitrogens with two attached hydrogens (primary N) is 1. The van der Waals surface area contributed by atoms with E-state index in [9.17, 15) is 18.9 Å². The summed E-state index contributed by atoms with van der Waals surface area (Å²) in [6.45, 7) is 3.80. The van der Waals surface area contributed by atoms with Crippen molar-refractivity contribution in [2.45, 2.75) is 46.2 Å². The molecule has 2 aromatic carbocycles. The Kier molecular flexibility index (Phi) is 10.1. The Labute approximate surface area is 221 Å². The van der Waals surface area contributed by atoms with Gasteiger partial charge in [0, 0.05) is 6.54 Å². The van der Waals surface area contributed by atoms with Crippen LogP contribution in [0.1, 0.15) is 32.3 Å². The molecule has 10 nitrogen and oxygen atoms in total. The molecule has 0 spiro atoms. The number of rotatable bonds is 13. The van der Waals surface area contributed by atoms with Crippen LogP contribution in [-0.4, -0.2) is 34.4 Å². The number of hydrogen-bond acceptors (Lipinski definition) is 7. The molecule has 11 heteroatoms. The Hall–Kier alpha value is -3.64. The minimum absolute atomic E-state index is 0.00135. The molecule has 3 rings (SSSR count). The lowest BCUT2D eigenvalue weighted by Gasteiger charge is -2.18. The number of benzene rings is 2. The molecule has 1 amide bonds. The van der Waals surface area contributed by atoms with Gasteiger partial charge >= 0.3 is 13.3 Å². The van der Waals surface area contributed by atoms with Crippen LogP contribution in [0, 0.1) is 12.3 Å². The first-order valence-corrected chi connectivity index (χ1v) is 14.2. The molecule has 3 aromatic rings. The normalized spacial score (nSPS) is 11.4. The molecule has 0 unspecified atom stereocenters. The third kappa shape index (κ3) is 6.81. The van der Waals surface area contributed by atoms with Gasteiger partial charge in [-0.05, 0) is 43.0 Å². The van der Waals surface area contributed by atoms with Crippen LogP contribution in [0.15, 0.2) is 52.1 Å². The predicted octanol–water partition coefficient (Wildman–Crippen LogP) is 3.61. The molecule has 0 atom stereocenters. The highest BCUT2D eigenvalue weighted by molar-refractivity contribution is 7.53. The molecule has 1 aromatic heterocycles. The van der Waals surface area contributed by atoms with Gasteiger partial charge < -0.3 is 20.1 Å². The number of fused-ring (bicyclic) bond motifs is 1. The Morgan fingerprint density at radius 2 is 1.74 bits per heavy atom. The van der Waals surface area contributed by atoms with Crippen molar-refractivity contribution in [2.75, 3.05) is 30.4 Å². The van der Waals surface area contributed by atoms with E-state index in [1.54, 1.807) is 13.8 Å². The van der Waals surface area contributed by atoms with E-state index >= 15 is 0 Å². The van der Waals surface area contributed by atoms with E-state index in [4.69, 9.17) is 21.2 Å². The second-order valence-electron chi connectivity index (χ2n) is 8.53. The molecular weight excluding hydrogens is 507 g/mol. The second-order valence-corrected chi connectivity index (χ2v) is 10.7. The Balaban J connectivity index is 1.84. The van der Waals surface area contributed by atoms with Crippen molar-refractivity contribution < 1.29 is 18.4 Å². The number of amides is 1. The fraction of sp³-hybridized carbons (Fsp3) is 0.370. The number of nitrogens with one attached hydrogen (secondary N) is 1. The molecule has 202 valence electrons. The zero-order valence-corrected chi connectivity index (χ0v) is 22.5. The summed E-state index contributed by atoms with van der Waals surface area (Å²) < 4.78 is 25.3. The Morgan fingerprint density at radius 1 is 1.05 bits per heavy atom. The van der Waals surface area contributed by atoms with Crippen molar-refractivity contribution in [3.05, 3.63) is 68.9 Å². The van der Waals surface area contributed by atoms with Crippen molar-refractivity contribution in [3.8, 4) is 12.3 Å². The van der Waals surface area contributed by atoms with E-state index in [1.807, 2.05) is 42.5 Å². The van der Waals surface area contributed by atoms with Gasteiger partial charge in [0.05, 0.1) is 32.3 Å². The van der Waals surface area contributed by atoms with E-state index in [0.717, 1.165) is 20.9 Å². The van der Waals surface area contributed by atoms with Crippen LogP contribution in [0.25, 0.3) is 10.8 Å². The minimum atomic E-state index is -3.23. The molecule has 0 aliphatic rings. The highest BCUT2D eigenvalue weighted by atomic mass is 31.2. The topological polar surface area (TPSA) is 135 Å². The SMILES string of the molecule is C#CCn1c(=O)c(NC(=O)Cc2cccc3ccccc23)c(N)n(CCCCP(=O)(OCC)OCC)c1=O. The lowest BCUT2D eigenvalue weighted by Crippen LogP contribution is -2.43. The predicted molar refractivity (Wildman–Crippen MR) is 149 cm³/mol. The summed E-state index contributed by atoms with van der Waals surface area (Å²) in [5, 5.41) is 4.50. The number of nitrogens with zero attached hydrogens (tertiary/aromatic N) is 2. The van der Waals surface area contributed by atoms with Gasteiger partial charge in [0.15, 0.2) is 0 Å². The van der Waals surface area contributed by atoms with Crippen LogP contribution in [0.5, 0.6) is 0 Å². The largest absolute Gasteiger partial charge is 0.383 e. The summed E-state index contributed by atoms with van der Waals surface area (Å²) in [7, 11) is -3.23. The van der Waals surface area contributed by atoms with Crippen LogP contribution in [0.4, 0.5) is 11.5 Å². The van der Waals surface area contributed by atoms with Gasteiger partial charge in [0.25, 0.3) is 5.56 Å². The number of anilines is 2. The van der Waals surface area contributed by atoms with Gasteiger partial charge in [-0.2, -0.15) is 0 Å². The van der Waals surface area contributed by atoms with Crippen molar-refractivity contribution in [1.82, 2.24) is 9.13 Å². The monoisotopic (exact) mass is 540 g/mol. The third-order valence-corrected chi connectivity index (χ3v) is 8.09. The minimum Gasteiger partial charge on any atom is -0.383 e. The van der Waals surface area contributed by atoms with Crippen molar-refractivity contribution in [2.24, 2.45) is 0 Å². The zero-order valence-electron chi connectivity index (χ0n) is 21.6. The van der Waals surface area contributed by atoms with Crippen LogP contribution in [0.3, 0.4) is 0 Å². The van der Waals surface area contributed by atoms with E-state index in [1.165, 1.54) is 4.57 Å². The molecule has 1 heterocycles. The highest BCUT2D eigenvalue weighted by Crippen LogP contribution is 2.48. The summed E-state index contributed by atoms with van der Waals surface area (Å²) in [5.41, 5.74) is 5.34. The lowest BCUT2D eigenvalue weighted by molar-refractivity contribution is -0.115. The quantitative estimate of drug-likeness (QED) is 0.192. The number of carbonyl (C=O) groups excluding carboxylic acids is 1. The molecule has 0 aliphatic carbocycles. The summed E-state index contributed by atoms with van der Waals surface area (Å²) in [6.07, 6.45) is 6.36. The first kappa shape index (κ1) is 28.9. The smallest absolute Gasteiger partial charge is 0.333 e. The molecule has 0 saturated heterocycles. The van der Waals surface area contributed by atoms with Gasteiger partial charge in [-0.25, -0.2) is 9.36 Å². The van der Waals surface area contributed by atoms with E-state index in [-0.39, 0.29) is 50.4 Å². The van der Waals surface area contributed by atoms with Crippen molar-refractivity contribution in [1.29, 1.82) is 0 Å². The summed E-state index contributed by atoms with van der Waals surface area (Å²) in [5.74, 6) is 1.66. The van der Waals surface area contributed by atoms with Gasteiger partial charge in [0.1, 0.15) is 11.5 Å². The molecule has 38 heavy (non-hydrogen) atoms. The van der Waals surface area contributed by atoms with Gasteiger partial charge in [0.2, 0.25) is 5.91 Å². The van der Waals surface area contributed by atoms with Crippen LogP contribution in [0.2, 0.25) is 0 Å². The summed E-state index contributed by atoms with van der Waals surface area (Å²) in [4.78, 5) is 39.0. The number of aromatic nitrogens is 2. The first-order chi connectivity index (χ1) is 18.2. The summed E-state index contributed by atoms with van der Waals surface area (Å²) in [6, 6.07) is 13.3. The molecule has 0 fully saturated rings. The zero-order chi connectivity index (χ0) is 27.7. The molecule has 0 radical (unpaired) electrons. The standard InChI is InChI=1S/C27H33N4O6P/c1-4-16-31-26(33)24(29-23(32)19-21-14-11-13-20-12-7-8-15-22(20)21)25(28)30(27(31)34)17-9-10-18-38(35,36-5-2)37-6-3/h1,7-8,11-15H,5-6,9-10,16-19,28H2,2-3H3,(H,29,32). The fourth-order valence-corrected chi connectivity index (χ4v) is 5.95.